The van der Waals surface area contributed by atoms with Crippen LogP contribution in [0.2, 0.25) is 0 Å². The van der Waals surface area contributed by atoms with Gasteiger partial charge in [-0.3, -0.25) is 0 Å². The fourth-order valence-corrected chi connectivity index (χ4v) is 2.81. The zero-order valence-corrected chi connectivity index (χ0v) is 12.1. The van der Waals surface area contributed by atoms with E-state index in [1.54, 1.807) is 6.07 Å². The van der Waals surface area contributed by atoms with E-state index in [2.05, 4.69) is 16.8 Å². The zero-order valence-electron chi connectivity index (χ0n) is 12.1. The monoisotopic (exact) mass is 283 g/mol. The summed E-state index contributed by atoms with van der Waals surface area (Å²) in [6.45, 7) is 2.81. The van der Waals surface area contributed by atoms with E-state index < -0.39 is 11.6 Å². The molecule has 1 aromatic rings. The van der Waals surface area contributed by atoms with Gasteiger partial charge in [-0.2, -0.15) is 0 Å². The maximum absolute atomic E-state index is 13.2. The van der Waals surface area contributed by atoms with Crippen LogP contribution in [0.4, 0.5) is 8.78 Å². The number of rotatable bonds is 4. The fourth-order valence-electron chi connectivity index (χ4n) is 2.81. The number of likely N-dealkylation sites (tertiary alicyclic amines) is 1. The number of halogens is 2. The minimum Gasteiger partial charge on any atom is -0.323 e. The Bertz CT molecular complexity index is 453. The first kappa shape index (κ1) is 15.4. The highest BCUT2D eigenvalue weighted by Crippen LogP contribution is 2.19. The minimum atomic E-state index is -0.835. The molecule has 0 spiro atoms. The molecule has 20 heavy (non-hydrogen) atoms. The lowest BCUT2D eigenvalue weighted by Crippen LogP contribution is -2.46. The second-order valence-corrected chi connectivity index (χ2v) is 5.78. The summed E-state index contributed by atoms with van der Waals surface area (Å²) in [6.07, 6.45) is 2.34. The Balaban J connectivity index is 1.95. The van der Waals surface area contributed by atoms with E-state index >= 15 is 0 Å². The predicted octanol–water partition coefficient (Wildman–Crippen LogP) is 1.99. The van der Waals surface area contributed by atoms with E-state index in [9.17, 15) is 8.78 Å². The van der Waals surface area contributed by atoms with Gasteiger partial charge in [0.15, 0.2) is 11.6 Å². The Morgan fingerprint density at radius 1 is 1.40 bits per heavy atom. The third-order valence-electron chi connectivity index (χ3n) is 4.08. The summed E-state index contributed by atoms with van der Waals surface area (Å²) in [5.74, 6) is -1.67. The lowest BCUT2D eigenvalue weighted by Gasteiger charge is -2.37. The molecule has 1 heterocycles. The van der Waals surface area contributed by atoms with E-state index in [0.29, 0.717) is 18.2 Å². The van der Waals surface area contributed by atoms with Gasteiger partial charge in [0.1, 0.15) is 0 Å². The van der Waals surface area contributed by atoms with Gasteiger partial charge in [-0.05, 0) is 51.2 Å². The molecule has 3 nitrogen and oxygen atoms in total. The Labute approximate surface area is 119 Å². The molecule has 1 aromatic carbocycles. The van der Waals surface area contributed by atoms with Gasteiger partial charge in [0.2, 0.25) is 0 Å². The average molecular weight is 283 g/mol. The molecule has 0 amide bonds. The van der Waals surface area contributed by atoms with E-state index in [4.69, 9.17) is 5.73 Å². The number of nitrogens with zero attached hydrogens (tertiary/aromatic N) is 2. The van der Waals surface area contributed by atoms with Crippen LogP contribution in [0.3, 0.4) is 0 Å². The second kappa shape index (κ2) is 6.61. The minimum absolute atomic E-state index is 0.303. The van der Waals surface area contributed by atoms with E-state index in [-0.39, 0.29) is 6.04 Å². The van der Waals surface area contributed by atoms with Gasteiger partial charge < -0.3 is 15.5 Å². The SMILES string of the molecule is CN1CCCC(N(C)CC(N)c2ccc(F)c(F)c2)C1. The van der Waals surface area contributed by atoms with Crippen LogP contribution < -0.4 is 5.73 Å². The number of benzene rings is 1. The van der Waals surface area contributed by atoms with Crippen molar-refractivity contribution in [1.82, 2.24) is 9.80 Å². The van der Waals surface area contributed by atoms with Crippen molar-refractivity contribution in [3.05, 3.63) is 35.4 Å². The molecule has 2 atom stereocenters. The third kappa shape index (κ3) is 3.75. The molecule has 0 aliphatic carbocycles. The van der Waals surface area contributed by atoms with Crippen molar-refractivity contribution < 1.29 is 8.78 Å². The fraction of sp³-hybridized carbons (Fsp3) is 0.600. The molecule has 0 bridgehead atoms. The molecule has 0 aromatic heterocycles. The Kier molecular flexibility index (Phi) is 5.07. The van der Waals surface area contributed by atoms with Crippen LogP contribution in [0.5, 0.6) is 0 Å². The molecule has 1 aliphatic rings. The third-order valence-corrected chi connectivity index (χ3v) is 4.08. The summed E-state index contributed by atoms with van der Waals surface area (Å²) in [4.78, 5) is 4.54. The molecule has 5 heteroatoms. The first-order valence-corrected chi connectivity index (χ1v) is 7.06. The maximum atomic E-state index is 13.2. The topological polar surface area (TPSA) is 32.5 Å². The summed E-state index contributed by atoms with van der Waals surface area (Å²) < 4.78 is 26.2. The summed E-state index contributed by atoms with van der Waals surface area (Å²) in [5.41, 5.74) is 6.75. The van der Waals surface area contributed by atoms with Crippen LogP contribution >= 0.6 is 0 Å². The highest BCUT2D eigenvalue weighted by atomic mass is 19.2. The highest BCUT2D eigenvalue weighted by molar-refractivity contribution is 5.21. The van der Waals surface area contributed by atoms with Crippen LogP contribution in [0.25, 0.3) is 0 Å². The highest BCUT2D eigenvalue weighted by Gasteiger charge is 2.22. The number of hydrogen-bond donors (Lipinski definition) is 1. The molecule has 2 N–H and O–H groups in total. The normalized spacial score (nSPS) is 22.2. The quantitative estimate of drug-likeness (QED) is 0.917. The Hall–Kier alpha value is -1.04. The van der Waals surface area contributed by atoms with Crippen LogP contribution in [-0.2, 0) is 0 Å². The second-order valence-electron chi connectivity index (χ2n) is 5.78. The summed E-state index contributed by atoms with van der Waals surface area (Å²) in [7, 11) is 4.17. The van der Waals surface area contributed by atoms with E-state index in [1.165, 1.54) is 12.5 Å². The van der Waals surface area contributed by atoms with Gasteiger partial charge in [-0.1, -0.05) is 6.07 Å². The van der Waals surface area contributed by atoms with Crippen molar-refractivity contribution in [3.8, 4) is 0 Å². The van der Waals surface area contributed by atoms with E-state index in [1.807, 2.05) is 7.05 Å². The molecule has 0 saturated carbocycles. The molecule has 2 rings (SSSR count). The molecule has 0 radical (unpaired) electrons. The first-order chi connectivity index (χ1) is 9.47. The van der Waals surface area contributed by atoms with Gasteiger partial charge in [-0.15, -0.1) is 0 Å². The maximum Gasteiger partial charge on any atom is 0.159 e. The summed E-state index contributed by atoms with van der Waals surface area (Å²) in [5, 5.41) is 0. The lowest BCUT2D eigenvalue weighted by atomic mass is 10.0. The van der Waals surface area contributed by atoms with Gasteiger partial charge in [0.25, 0.3) is 0 Å². The molecular weight excluding hydrogens is 260 g/mol. The van der Waals surface area contributed by atoms with Gasteiger partial charge >= 0.3 is 0 Å². The van der Waals surface area contributed by atoms with Crippen molar-refractivity contribution in [2.45, 2.75) is 24.9 Å². The van der Waals surface area contributed by atoms with Crippen LogP contribution in [-0.4, -0.2) is 49.6 Å². The molecule has 2 unspecified atom stereocenters. The summed E-state index contributed by atoms with van der Waals surface area (Å²) >= 11 is 0. The molecular formula is C15H23F2N3. The Morgan fingerprint density at radius 2 is 2.15 bits per heavy atom. The molecule has 1 saturated heterocycles. The van der Waals surface area contributed by atoms with Crippen molar-refractivity contribution in [3.63, 3.8) is 0 Å². The van der Waals surface area contributed by atoms with Crippen molar-refractivity contribution in [2.75, 3.05) is 33.7 Å². The molecule has 1 fully saturated rings. The number of piperidine rings is 1. The first-order valence-electron chi connectivity index (χ1n) is 7.06. The standard InChI is InChI=1S/C15H23F2N3/c1-19-7-3-4-12(9-19)20(2)10-15(18)11-5-6-13(16)14(17)8-11/h5-6,8,12,15H,3-4,7,9-10,18H2,1-2H3. The molecule has 1 aliphatic heterocycles. The van der Waals surface area contributed by atoms with Crippen molar-refractivity contribution in [1.29, 1.82) is 0 Å². The summed E-state index contributed by atoms with van der Waals surface area (Å²) in [6, 6.07) is 4.07. The average Bonchev–Trinajstić information content (AvgIpc) is 2.41. The van der Waals surface area contributed by atoms with Crippen molar-refractivity contribution >= 4 is 0 Å². The zero-order chi connectivity index (χ0) is 14.7. The number of likely N-dealkylation sites (N-methyl/N-ethyl adjacent to an activating group) is 2. The number of hydrogen-bond acceptors (Lipinski definition) is 3. The van der Waals surface area contributed by atoms with Crippen LogP contribution in [0.15, 0.2) is 18.2 Å². The van der Waals surface area contributed by atoms with Gasteiger partial charge in [-0.25, -0.2) is 8.78 Å². The smallest absolute Gasteiger partial charge is 0.159 e. The van der Waals surface area contributed by atoms with E-state index in [0.717, 1.165) is 25.6 Å². The van der Waals surface area contributed by atoms with Gasteiger partial charge in [0, 0.05) is 25.2 Å². The van der Waals surface area contributed by atoms with Crippen LogP contribution in [0.1, 0.15) is 24.4 Å². The van der Waals surface area contributed by atoms with Crippen molar-refractivity contribution in [2.24, 2.45) is 5.73 Å². The van der Waals surface area contributed by atoms with Gasteiger partial charge in [0.05, 0.1) is 0 Å². The predicted molar refractivity (Wildman–Crippen MR) is 76.4 cm³/mol. The largest absolute Gasteiger partial charge is 0.323 e. The molecule has 112 valence electrons. The lowest BCUT2D eigenvalue weighted by molar-refractivity contribution is 0.129. The van der Waals surface area contributed by atoms with Crippen LogP contribution in [0, 0.1) is 11.6 Å². The number of nitrogens with two attached hydrogens (primary N) is 1. The Morgan fingerprint density at radius 3 is 2.80 bits per heavy atom.